The Morgan fingerprint density at radius 2 is 1.79 bits per heavy atom. The minimum atomic E-state index is -4.66. The Morgan fingerprint density at radius 3 is 2.55 bits per heavy atom. The Balaban J connectivity index is 1.47. The minimum Gasteiger partial charge on any atom is -0.454 e. The number of anilines is 2. The van der Waals surface area contributed by atoms with E-state index in [0.717, 1.165) is 17.0 Å². The van der Waals surface area contributed by atoms with Crippen LogP contribution in [0.25, 0.3) is 0 Å². The van der Waals surface area contributed by atoms with Gasteiger partial charge in [-0.15, -0.1) is 0 Å². The molecule has 0 saturated carbocycles. The molecular formula is C25H18ClF3N2O6S. The lowest BCUT2D eigenvalue weighted by Crippen LogP contribution is -2.38. The van der Waals surface area contributed by atoms with Crippen LogP contribution in [0, 0.1) is 0 Å². The number of alkyl halides is 3. The number of benzene rings is 3. The number of rotatable bonds is 4. The zero-order valence-electron chi connectivity index (χ0n) is 19.3. The van der Waals surface area contributed by atoms with Crippen LogP contribution in [0.1, 0.15) is 22.8 Å². The highest BCUT2D eigenvalue weighted by molar-refractivity contribution is 7.92. The molecule has 2 heterocycles. The standard InChI is InChI=1S/C25H18ClF3N2O6S/c26-16-7-6-15(25(27,28)29)10-17(16)30-23(32)12-31-18-3-1-2-4-21(18)38(34,35)22(11-24(31)33)14-5-8-19-20(9-14)37-13-36-19/h1-10,22H,11-13H2,(H,30,32). The van der Waals surface area contributed by atoms with Gasteiger partial charge in [0.15, 0.2) is 21.3 Å². The number of amides is 2. The number of para-hydroxylation sites is 1. The topological polar surface area (TPSA) is 102 Å². The SMILES string of the molecule is O=C(CN1C(=O)CC(c2ccc3c(c2)OCO3)S(=O)(=O)c2ccccc21)Nc1cc(C(F)(F)F)ccc1Cl. The quantitative estimate of drug-likeness (QED) is 0.478. The van der Waals surface area contributed by atoms with Crippen molar-refractivity contribution in [1.82, 2.24) is 0 Å². The van der Waals surface area contributed by atoms with Gasteiger partial charge in [0, 0.05) is 6.42 Å². The number of carbonyl (C=O) groups excluding carboxylic acids is 2. The van der Waals surface area contributed by atoms with Gasteiger partial charge < -0.3 is 19.7 Å². The number of carbonyl (C=O) groups is 2. The molecule has 2 aliphatic heterocycles. The Labute approximate surface area is 219 Å². The molecule has 0 aliphatic carbocycles. The first-order chi connectivity index (χ1) is 17.9. The molecule has 1 unspecified atom stereocenters. The lowest BCUT2D eigenvalue weighted by atomic mass is 10.1. The summed E-state index contributed by atoms with van der Waals surface area (Å²) in [6, 6.07) is 12.7. The lowest BCUT2D eigenvalue weighted by molar-refractivity contribution is -0.137. The van der Waals surface area contributed by atoms with Gasteiger partial charge >= 0.3 is 6.18 Å². The van der Waals surface area contributed by atoms with Crippen molar-refractivity contribution < 1.29 is 40.7 Å². The van der Waals surface area contributed by atoms with E-state index in [4.69, 9.17) is 21.1 Å². The van der Waals surface area contributed by atoms with Crippen molar-refractivity contribution in [3.05, 3.63) is 76.8 Å². The number of halogens is 4. The maximum Gasteiger partial charge on any atom is 0.416 e. The molecule has 13 heteroatoms. The summed E-state index contributed by atoms with van der Waals surface area (Å²) in [5, 5.41) is 0.869. The van der Waals surface area contributed by atoms with Crippen LogP contribution in [-0.4, -0.2) is 33.6 Å². The summed E-state index contributed by atoms with van der Waals surface area (Å²) in [4.78, 5) is 27.1. The molecule has 3 aromatic rings. The molecule has 198 valence electrons. The highest BCUT2D eigenvalue weighted by Gasteiger charge is 2.40. The Bertz CT molecular complexity index is 1560. The summed E-state index contributed by atoms with van der Waals surface area (Å²) >= 11 is 5.97. The van der Waals surface area contributed by atoms with E-state index in [9.17, 15) is 31.2 Å². The molecule has 0 fully saturated rings. The zero-order valence-corrected chi connectivity index (χ0v) is 20.9. The first-order valence-electron chi connectivity index (χ1n) is 11.1. The number of hydrogen-bond donors (Lipinski definition) is 1. The van der Waals surface area contributed by atoms with Gasteiger partial charge in [0.05, 0.1) is 32.1 Å². The summed E-state index contributed by atoms with van der Waals surface area (Å²) in [6.45, 7) is -0.678. The molecule has 0 radical (unpaired) electrons. The van der Waals surface area contributed by atoms with Crippen LogP contribution in [0.4, 0.5) is 24.5 Å². The third-order valence-electron chi connectivity index (χ3n) is 6.14. The first-order valence-corrected chi connectivity index (χ1v) is 13.1. The molecule has 0 saturated heterocycles. The van der Waals surface area contributed by atoms with E-state index >= 15 is 0 Å². The van der Waals surface area contributed by atoms with Gasteiger partial charge in [-0.05, 0) is 48.0 Å². The van der Waals surface area contributed by atoms with Gasteiger partial charge in [0.1, 0.15) is 6.54 Å². The maximum absolute atomic E-state index is 13.7. The average Bonchev–Trinajstić information content (AvgIpc) is 3.31. The number of nitrogens with one attached hydrogen (secondary N) is 1. The number of sulfone groups is 1. The second kappa shape index (κ2) is 9.52. The molecule has 38 heavy (non-hydrogen) atoms. The van der Waals surface area contributed by atoms with Crippen molar-refractivity contribution in [2.24, 2.45) is 0 Å². The molecule has 8 nitrogen and oxygen atoms in total. The van der Waals surface area contributed by atoms with Gasteiger partial charge in [-0.25, -0.2) is 8.42 Å². The van der Waals surface area contributed by atoms with Crippen LogP contribution < -0.4 is 19.7 Å². The molecule has 1 atom stereocenters. The third kappa shape index (κ3) is 4.76. The van der Waals surface area contributed by atoms with Crippen molar-refractivity contribution >= 4 is 44.6 Å². The lowest BCUT2D eigenvalue weighted by Gasteiger charge is -2.22. The predicted octanol–water partition coefficient (Wildman–Crippen LogP) is 4.98. The van der Waals surface area contributed by atoms with E-state index in [-0.39, 0.29) is 28.1 Å². The van der Waals surface area contributed by atoms with Crippen LogP contribution in [0.2, 0.25) is 5.02 Å². The summed E-state index contributed by atoms with van der Waals surface area (Å²) in [5.41, 5.74) is -1.04. The van der Waals surface area contributed by atoms with Crippen molar-refractivity contribution in [1.29, 1.82) is 0 Å². The van der Waals surface area contributed by atoms with Crippen molar-refractivity contribution in [2.45, 2.75) is 22.7 Å². The summed E-state index contributed by atoms with van der Waals surface area (Å²) in [7, 11) is -4.12. The molecule has 3 aromatic carbocycles. The fraction of sp³-hybridized carbons (Fsp3) is 0.200. The van der Waals surface area contributed by atoms with E-state index in [1.54, 1.807) is 6.07 Å². The normalized spacial score (nSPS) is 18.1. The second-order valence-electron chi connectivity index (χ2n) is 8.54. The van der Waals surface area contributed by atoms with Crippen LogP contribution >= 0.6 is 11.6 Å². The van der Waals surface area contributed by atoms with Gasteiger partial charge in [0.2, 0.25) is 18.6 Å². The predicted molar refractivity (Wildman–Crippen MR) is 131 cm³/mol. The average molecular weight is 567 g/mol. The van der Waals surface area contributed by atoms with Crippen molar-refractivity contribution in [3.63, 3.8) is 0 Å². The highest BCUT2D eigenvalue weighted by Crippen LogP contribution is 2.43. The highest BCUT2D eigenvalue weighted by atomic mass is 35.5. The van der Waals surface area contributed by atoms with Crippen LogP contribution in [0.3, 0.4) is 0 Å². The Morgan fingerprint density at radius 1 is 1.05 bits per heavy atom. The number of hydrogen-bond acceptors (Lipinski definition) is 6. The summed E-state index contributed by atoms with van der Waals surface area (Å²) in [5.74, 6) is -0.755. The molecule has 0 spiro atoms. The smallest absolute Gasteiger partial charge is 0.416 e. The molecule has 0 bridgehead atoms. The molecular weight excluding hydrogens is 549 g/mol. The molecule has 1 N–H and O–H groups in total. The van der Waals surface area contributed by atoms with Crippen molar-refractivity contribution in [3.8, 4) is 11.5 Å². The van der Waals surface area contributed by atoms with Crippen LogP contribution in [0.15, 0.2) is 65.6 Å². The third-order valence-corrected chi connectivity index (χ3v) is 8.61. The first kappa shape index (κ1) is 25.9. The van der Waals surface area contributed by atoms with E-state index < -0.39 is 51.6 Å². The fourth-order valence-corrected chi connectivity index (χ4v) is 6.38. The Hall–Kier alpha value is -3.77. The number of nitrogens with zero attached hydrogens (tertiary/aromatic N) is 1. The Kier molecular flexibility index (Phi) is 6.48. The van der Waals surface area contributed by atoms with Crippen molar-refractivity contribution in [2.75, 3.05) is 23.6 Å². The zero-order chi connectivity index (χ0) is 27.2. The monoisotopic (exact) mass is 566 g/mol. The minimum absolute atomic E-state index is 0.0171. The molecule has 0 aromatic heterocycles. The van der Waals surface area contributed by atoms with E-state index in [1.165, 1.54) is 36.4 Å². The van der Waals surface area contributed by atoms with E-state index in [2.05, 4.69) is 5.32 Å². The van der Waals surface area contributed by atoms with Gasteiger partial charge in [0.25, 0.3) is 0 Å². The maximum atomic E-state index is 13.7. The van der Waals surface area contributed by atoms with Gasteiger partial charge in [-0.2, -0.15) is 13.2 Å². The summed E-state index contributed by atoms with van der Waals surface area (Å²) < 4.78 is 77.4. The fourth-order valence-electron chi connectivity index (χ4n) is 4.30. The summed E-state index contributed by atoms with van der Waals surface area (Å²) in [6.07, 6.45) is -5.16. The molecule has 2 aliphatic rings. The van der Waals surface area contributed by atoms with Gasteiger partial charge in [-0.3, -0.25) is 9.59 Å². The number of fused-ring (bicyclic) bond motifs is 2. The largest absolute Gasteiger partial charge is 0.454 e. The number of ether oxygens (including phenoxy) is 2. The molecule has 2 amide bonds. The molecule has 5 rings (SSSR count). The van der Waals surface area contributed by atoms with E-state index in [0.29, 0.717) is 23.1 Å². The second-order valence-corrected chi connectivity index (χ2v) is 11.0. The van der Waals surface area contributed by atoms with Crippen LogP contribution in [-0.2, 0) is 25.6 Å². The van der Waals surface area contributed by atoms with Crippen LogP contribution in [0.5, 0.6) is 11.5 Å². The van der Waals surface area contributed by atoms with Gasteiger partial charge in [-0.1, -0.05) is 29.8 Å². The van der Waals surface area contributed by atoms with E-state index in [1.807, 2.05) is 0 Å².